The highest BCUT2D eigenvalue weighted by Crippen LogP contribution is 2.05. The number of allylic oxidation sites excluding steroid dienone is 2. The van der Waals surface area contributed by atoms with E-state index in [0.717, 1.165) is 0 Å². The van der Waals surface area contributed by atoms with Gasteiger partial charge in [-0.15, -0.1) is 0 Å². The van der Waals surface area contributed by atoms with E-state index >= 15 is 0 Å². The highest BCUT2D eigenvalue weighted by Gasteiger charge is 1.96. The third-order valence-corrected chi connectivity index (χ3v) is 1.06. The minimum Gasteiger partial charge on any atom is -0.383 e. The summed E-state index contributed by atoms with van der Waals surface area (Å²) in [5.41, 5.74) is 0.379. The Kier molecular flexibility index (Phi) is 4.63. The van der Waals surface area contributed by atoms with Crippen molar-refractivity contribution in [2.45, 2.75) is 20.3 Å². The lowest BCUT2D eigenvalue weighted by atomic mass is 10.3. The Morgan fingerprint density at radius 1 is 1.60 bits per heavy atom. The molecule has 0 aliphatic rings. The zero-order valence-electron chi connectivity index (χ0n) is 6.58. The van der Waals surface area contributed by atoms with E-state index in [4.69, 9.17) is 0 Å². The Morgan fingerprint density at radius 2 is 2.20 bits per heavy atom. The van der Waals surface area contributed by atoms with Gasteiger partial charge >= 0.3 is 0 Å². The predicted molar refractivity (Wildman–Crippen MR) is 42.3 cm³/mol. The topological polar surface area (TPSA) is 12.0 Å². The number of nitrogens with one attached hydrogen (secondary N) is 1. The molecule has 0 aromatic carbocycles. The summed E-state index contributed by atoms with van der Waals surface area (Å²) in [6.07, 6.45) is 2.21. The molecule has 0 fully saturated rings. The molecule has 1 N–H and O–H groups in total. The van der Waals surface area contributed by atoms with Gasteiger partial charge in [0.05, 0.1) is 5.70 Å². The molecular formula is C8H14FN. The maximum Gasteiger partial charge on any atom is 0.141 e. The first-order valence-corrected chi connectivity index (χ1v) is 3.51. The van der Waals surface area contributed by atoms with Crippen molar-refractivity contribution in [3.8, 4) is 0 Å². The molecule has 0 aromatic heterocycles. The first-order chi connectivity index (χ1) is 4.72. The van der Waals surface area contributed by atoms with Crippen LogP contribution in [0.5, 0.6) is 0 Å². The Morgan fingerprint density at radius 3 is 2.60 bits per heavy atom. The van der Waals surface area contributed by atoms with Crippen LogP contribution in [0.25, 0.3) is 0 Å². The summed E-state index contributed by atoms with van der Waals surface area (Å²) in [5.74, 6) is -0.246. The average Bonchev–Trinajstić information content (AvgIpc) is 1.89. The lowest BCUT2D eigenvalue weighted by Crippen LogP contribution is -2.11. The van der Waals surface area contributed by atoms with Crippen LogP contribution in [-0.4, -0.2) is 6.54 Å². The fraction of sp³-hybridized carbons (Fsp3) is 0.500. The first kappa shape index (κ1) is 9.21. The zero-order valence-corrected chi connectivity index (χ0v) is 6.58. The molecule has 0 radical (unpaired) electrons. The maximum atomic E-state index is 12.7. The van der Waals surface area contributed by atoms with Crippen LogP contribution in [0.3, 0.4) is 0 Å². The minimum atomic E-state index is -0.246. The molecule has 0 rings (SSSR count). The second-order valence-electron chi connectivity index (χ2n) is 1.97. The standard InChI is InChI=1S/C8H14FN/c1-4-6-8(9)7(3)10-5-2/h6,10H,3-5H2,1-2H3/b8-6+. The van der Waals surface area contributed by atoms with Crippen molar-refractivity contribution in [1.29, 1.82) is 0 Å². The first-order valence-electron chi connectivity index (χ1n) is 3.51. The van der Waals surface area contributed by atoms with Crippen LogP contribution in [0.15, 0.2) is 24.2 Å². The number of likely N-dealkylation sites (N-methyl/N-ethyl adjacent to an activating group) is 1. The van der Waals surface area contributed by atoms with Crippen molar-refractivity contribution in [3.63, 3.8) is 0 Å². The van der Waals surface area contributed by atoms with E-state index in [-0.39, 0.29) is 5.83 Å². The van der Waals surface area contributed by atoms with Gasteiger partial charge in [-0.25, -0.2) is 4.39 Å². The molecule has 1 nitrogen and oxygen atoms in total. The smallest absolute Gasteiger partial charge is 0.141 e. The lowest BCUT2D eigenvalue weighted by molar-refractivity contribution is 0.621. The molecule has 0 amide bonds. The summed E-state index contributed by atoms with van der Waals surface area (Å²) in [7, 11) is 0. The van der Waals surface area contributed by atoms with Gasteiger partial charge in [0, 0.05) is 6.54 Å². The lowest BCUT2D eigenvalue weighted by Gasteiger charge is -2.02. The van der Waals surface area contributed by atoms with Crippen molar-refractivity contribution in [3.05, 3.63) is 24.2 Å². The summed E-state index contributed by atoms with van der Waals surface area (Å²) in [4.78, 5) is 0. The van der Waals surface area contributed by atoms with Gasteiger partial charge in [0.1, 0.15) is 5.83 Å². The predicted octanol–water partition coefficient (Wildman–Crippen LogP) is 2.37. The van der Waals surface area contributed by atoms with Gasteiger partial charge in [0.25, 0.3) is 0 Å². The zero-order chi connectivity index (χ0) is 7.98. The average molecular weight is 143 g/mol. The number of halogens is 1. The van der Waals surface area contributed by atoms with Crippen LogP contribution < -0.4 is 5.32 Å². The van der Waals surface area contributed by atoms with Gasteiger partial charge < -0.3 is 5.32 Å². The largest absolute Gasteiger partial charge is 0.383 e. The molecule has 0 aliphatic heterocycles. The van der Waals surface area contributed by atoms with Gasteiger partial charge in [-0.3, -0.25) is 0 Å². The molecule has 2 heteroatoms. The monoisotopic (exact) mass is 143 g/mol. The molecule has 0 saturated carbocycles. The fourth-order valence-corrected chi connectivity index (χ4v) is 0.600. The van der Waals surface area contributed by atoms with Crippen LogP contribution in [-0.2, 0) is 0 Å². The molecule has 10 heavy (non-hydrogen) atoms. The quantitative estimate of drug-likeness (QED) is 0.596. The summed E-state index contributed by atoms with van der Waals surface area (Å²) in [6.45, 7) is 8.02. The van der Waals surface area contributed by atoms with E-state index in [1.54, 1.807) is 0 Å². The van der Waals surface area contributed by atoms with E-state index in [1.807, 2.05) is 13.8 Å². The van der Waals surface area contributed by atoms with E-state index < -0.39 is 0 Å². The summed E-state index contributed by atoms with van der Waals surface area (Å²) in [6, 6.07) is 0. The van der Waals surface area contributed by atoms with Crippen molar-refractivity contribution in [2.24, 2.45) is 0 Å². The number of hydrogen-bond acceptors (Lipinski definition) is 1. The van der Waals surface area contributed by atoms with E-state index in [9.17, 15) is 4.39 Å². The Balaban J connectivity index is 3.82. The molecule has 0 unspecified atom stereocenters. The van der Waals surface area contributed by atoms with Crippen LogP contribution in [0, 0.1) is 0 Å². The second kappa shape index (κ2) is 5.03. The fourth-order valence-electron chi connectivity index (χ4n) is 0.600. The summed E-state index contributed by atoms with van der Waals surface area (Å²) < 4.78 is 12.7. The Hall–Kier alpha value is -0.790. The van der Waals surface area contributed by atoms with Gasteiger partial charge in [0.2, 0.25) is 0 Å². The second-order valence-corrected chi connectivity index (χ2v) is 1.97. The Bertz CT molecular complexity index is 138. The maximum absolute atomic E-state index is 12.7. The van der Waals surface area contributed by atoms with Crippen LogP contribution in [0.4, 0.5) is 4.39 Å². The molecule has 0 aromatic rings. The SMILES string of the molecule is C=C(NCC)/C(F)=C\CC. The van der Waals surface area contributed by atoms with E-state index in [1.165, 1.54) is 6.08 Å². The Labute approximate surface area is 61.6 Å². The van der Waals surface area contributed by atoms with Gasteiger partial charge in [-0.1, -0.05) is 13.5 Å². The molecule has 0 atom stereocenters. The molecule has 0 aliphatic carbocycles. The van der Waals surface area contributed by atoms with Gasteiger partial charge in [0.15, 0.2) is 0 Å². The molecule has 0 saturated heterocycles. The highest BCUT2D eigenvalue weighted by molar-refractivity contribution is 5.19. The molecule has 0 spiro atoms. The number of hydrogen-bond donors (Lipinski definition) is 1. The summed E-state index contributed by atoms with van der Waals surface area (Å²) >= 11 is 0. The third kappa shape index (κ3) is 3.28. The molecule has 0 bridgehead atoms. The van der Waals surface area contributed by atoms with Crippen LogP contribution in [0.1, 0.15) is 20.3 Å². The van der Waals surface area contributed by atoms with Gasteiger partial charge in [-0.05, 0) is 19.4 Å². The van der Waals surface area contributed by atoms with Crippen molar-refractivity contribution >= 4 is 0 Å². The van der Waals surface area contributed by atoms with Crippen LogP contribution >= 0.6 is 0 Å². The highest BCUT2D eigenvalue weighted by atomic mass is 19.1. The van der Waals surface area contributed by atoms with Gasteiger partial charge in [-0.2, -0.15) is 0 Å². The molecular weight excluding hydrogens is 129 g/mol. The number of rotatable bonds is 4. The third-order valence-electron chi connectivity index (χ3n) is 1.06. The molecule has 58 valence electrons. The minimum absolute atomic E-state index is 0.246. The van der Waals surface area contributed by atoms with Crippen LogP contribution in [0.2, 0.25) is 0 Å². The summed E-state index contributed by atoms with van der Waals surface area (Å²) in [5, 5.41) is 2.79. The van der Waals surface area contributed by atoms with E-state index in [2.05, 4.69) is 11.9 Å². The normalized spacial score (nSPS) is 11.3. The molecule has 0 heterocycles. The van der Waals surface area contributed by atoms with E-state index in [0.29, 0.717) is 18.7 Å². The van der Waals surface area contributed by atoms with Crippen molar-refractivity contribution in [2.75, 3.05) is 6.54 Å². The van der Waals surface area contributed by atoms with Crippen molar-refractivity contribution < 1.29 is 4.39 Å². The van der Waals surface area contributed by atoms with Crippen molar-refractivity contribution in [1.82, 2.24) is 5.32 Å².